The van der Waals surface area contributed by atoms with Gasteiger partial charge in [0.15, 0.2) is 0 Å². The van der Waals surface area contributed by atoms with Gasteiger partial charge in [-0.2, -0.15) is 13.2 Å². The van der Waals surface area contributed by atoms with Crippen molar-refractivity contribution in [1.82, 2.24) is 10.3 Å². The summed E-state index contributed by atoms with van der Waals surface area (Å²) in [5.74, 6) is -2.41. The number of carbonyl (C=O) groups excluding carboxylic acids is 1. The Bertz CT molecular complexity index is 2130. The monoisotopic (exact) mass is 842 g/mol. The van der Waals surface area contributed by atoms with Crippen LogP contribution in [0.5, 0.6) is 0 Å². The molecule has 5 aromatic rings. The molecule has 0 amide bonds. The van der Waals surface area contributed by atoms with E-state index in [0.29, 0.717) is 23.1 Å². The lowest BCUT2D eigenvalue weighted by Crippen LogP contribution is -2.41. The van der Waals surface area contributed by atoms with Crippen LogP contribution in [0.15, 0.2) is 93.8 Å². The highest BCUT2D eigenvalue weighted by Gasteiger charge is 2.52. The molecule has 56 heavy (non-hydrogen) atoms. The number of benzene rings is 3. The number of hydrogen-bond acceptors (Lipinski definition) is 8. The highest BCUT2D eigenvalue weighted by atomic mass is 79.9. The Morgan fingerprint density at radius 1 is 0.911 bits per heavy atom. The van der Waals surface area contributed by atoms with Gasteiger partial charge in [-0.3, -0.25) is 9.78 Å². The van der Waals surface area contributed by atoms with Gasteiger partial charge in [0.2, 0.25) is 5.76 Å². The molecule has 1 fully saturated rings. The minimum absolute atomic E-state index is 0.150. The molecule has 1 aliphatic rings. The summed E-state index contributed by atoms with van der Waals surface area (Å²) in [7, 11) is 0.973. The van der Waals surface area contributed by atoms with Crippen LogP contribution in [0.3, 0.4) is 0 Å². The predicted molar refractivity (Wildman–Crippen MR) is 209 cm³/mol. The van der Waals surface area contributed by atoms with E-state index in [1.165, 1.54) is 37.4 Å². The van der Waals surface area contributed by atoms with E-state index in [-0.39, 0.29) is 35.0 Å². The molecule has 1 aliphatic heterocycles. The maximum absolute atomic E-state index is 12.9. The Hall–Kier alpha value is -4.57. The first kappa shape index (κ1) is 44.2. The number of esters is 1. The van der Waals surface area contributed by atoms with Gasteiger partial charge in [-0.15, -0.1) is 0 Å². The van der Waals surface area contributed by atoms with Crippen molar-refractivity contribution in [2.75, 3.05) is 7.11 Å². The Kier molecular flexibility index (Phi) is 14.0. The third kappa shape index (κ3) is 11.1. The average Bonchev–Trinajstić information content (AvgIpc) is 3.69. The standard InChI is InChI=1S/C17H25BO4.C13H11BrF3NO.C11H8FNO2/c1-15(2,14(19)20-7)12-9-8-10-13(11-12)18-21-16(3,4)17(5,6)22-18;14-10-3-1-9(2-4-10)7-18-8-11-5-6-12(19-11)13(15,16)17;1-6-4-9(11(14)15)8-3-2-7(12)5-10(8)13-6/h8-11H,1-7H3;1-6,18H,7-8H2;2-5H,1H3,(H,14,15). The van der Waals surface area contributed by atoms with Crippen molar-refractivity contribution in [2.24, 2.45) is 0 Å². The fourth-order valence-corrected chi connectivity index (χ4v) is 5.76. The van der Waals surface area contributed by atoms with Crippen molar-refractivity contribution in [2.45, 2.75) is 84.3 Å². The summed E-state index contributed by atoms with van der Waals surface area (Å²) >= 11 is 3.33. The molecule has 0 bridgehead atoms. The van der Waals surface area contributed by atoms with E-state index < -0.39 is 36.3 Å². The lowest BCUT2D eigenvalue weighted by atomic mass is 9.75. The molecule has 0 radical (unpaired) electrons. The van der Waals surface area contributed by atoms with E-state index in [2.05, 4.69) is 26.2 Å². The topological polar surface area (TPSA) is 120 Å². The second-order valence-electron chi connectivity index (χ2n) is 14.6. The Morgan fingerprint density at radius 3 is 2.12 bits per heavy atom. The number of carbonyl (C=O) groups is 2. The van der Waals surface area contributed by atoms with Crippen LogP contribution in [-0.4, -0.2) is 47.5 Å². The number of rotatable bonds is 8. The Labute approximate surface area is 332 Å². The average molecular weight is 844 g/mol. The van der Waals surface area contributed by atoms with Crippen LogP contribution in [0.25, 0.3) is 10.9 Å². The second-order valence-corrected chi connectivity index (χ2v) is 15.5. The van der Waals surface area contributed by atoms with Gasteiger partial charge in [-0.25, -0.2) is 9.18 Å². The number of aromatic carboxylic acids is 1. The van der Waals surface area contributed by atoms with Gasteiger partial charge in [0.05, 0.1) is 41.4 Å². The van der Waals surface area contributed by atoms with Crippen molar-refractivity contribution in [3.05, 3.63) is 129 Å². The smallest absolute Gasteiger partial charge is 0.478 e. The summed E-state index contributed by atoms with van der Waals surface area (Å²) in [6, 6.07) is 23.1. The summed E-state index contributed by atoms with van der Waals surface area (Å²) < 4.78 is 72.6. The molecule has 2 N–H and O–H groups in total. The van der Waals surface area contributed by atoms with E-state index in [0.717, 1.165) is 27.1 Å². The number of methoxy groups -OCH3 is 1. The van der Waals surface area contributed by atoms with Crippen LogP contribution >= 0.6 is 15.9 Å². The van der Waals surface area contributed by atoms with E-state index >= 15 is 0 Å². The third-order valence-electron chi connectivity index (χ3n) is 9.44. The van der Waals surface area contributed by atoms with Crippen molar-refractivity contribution in [3.8, 4) is 0 Å². The molecule has 3 aromatic carbocycles. The zero-order valence-electron chi connectivity index (χ0n) is 32.3. The first-order valence-electron chi connectivity index (χ1n) is 17.5. The minimum atomic E-state index is -4.43. The van der Waals surface area contributed by atoms with E-state index in [1.807, 2.05) is 90.1 Å². The SMILES string of the molecule is COC(=O)C(C)(C)c1cccc(B2OC(C)(C)C(C)(C)O2)c1.Cc1cc(C(=O)O)c2ccc(F)cc2n1.FC(F)(F)c1ccc(CNCc2ccc(Br)cc2)o1. The summed E-state index contributed by atoms with van der Waals surface area (Å²) in [5, 5.41) is 12.4. The van der Waals surface area contributed by atoms with E-state index in [9.17, 15) is 27.2 Å². The quantitative estimate of drug-likeness (QED) is 0.0896. The highest BCUT2D eigenvalue weighted by molar-refractivity contribution is 9.10. The number of aryl methyl sites for hydroxylation is 1. The zero-order chi connectivity index (χ0) is 41.6. The summed E-state index contributed by atoms with van der Waals surface area (Å²) in [4.78, 5) is 27.0. The first-order chi connectivity index (χ1) is 26.0. The number of furan rings is 1. The fourth-order valence-electron chi connectivity index (χ4n) is 5.49. The molecule has 0 atom stereocenters. The number of aromatic nitrogens is 1. The van der Waals surface area contributed by atoms with Gasteiger partial charge in [0.25, 0.3) is 0 Å². The largest absolute Gasteiger partial charge is 0.494 e. The number of nitrogens with one attached hydrogen (secondary N) is 1. The van der Waals surface area contributed by atoms with Crippen molar-refractivity contribution in [1.29, 1.82) is 0 Å². The van der Waals surface area contributed by atoms with Crippen LogP contribution < -0.4 is 10.8 Å². The molecule has 3 heterocycles. The van der Waals surface area contributed by atoms with E-state index in [1.54, 1.807) is 6.92 Å². The lowest BCUT2D eigenvalue weighted by Gasteiger charge is -2.32. The normalized spacial score (nSPS) is 14.7. The molecule has 9 nitrogen and oxygen atoms in total. The number of nitrogens with zero attached hydrogens (tertiary/aromatic N) is 1. The number of carboxylic acids is 1. The van der Waals surface area contributed by atoms with Gasteiger partial charge in [0, 0.05) is 28.2 Å². The molecule has 15 heteroatoms. The fraction of sp³-hybridized carbons (Fsp3) is 0.341. The van der Waals surface area contributed by atoms with Crippen molar-refractivity contribution in [3.63, 3.8) is 0 Å². The maximum Gasteiger partial charge on any atom is 0.494 e. The van der Waals surface area contributed by atoms with Crippen molar-refractivity contribution >= 4 is 51.4 Å². The molecule has 1 saturated heterocycles. The zero-order valence-corrected chi connectivity index (χ0v) is 33.9. The first-order valence-corrected chi connectivity index (χ1v) is 18.3. The minimum Gasteiger partial charge on any atom is -0.478 e. The van der Waals surface area contributed by atoms with Crippen LogP contribution in [-0.2, 0) is 43.5 Å². The summed E-state index contributed by atoms with van der Waals surface area (Å²) in [6.45, 7) is 14.3. The maximum atomic E-state index is 12.9. The number of fused-ring (bicyclic) bond motifs is 1. The molecule has 0 saturated carbocycles. The molecule has 298 valence electrons. The van der Waals surface area contributed by atoms with E-state index in [4.69, 9.17) is 23.6 Å². The summed E-state index contributed by atoms with van der Waals surface area (Å²) in [5.41, 5.74) is 2.44. The predicted octanol–water partition coefficient (Wildman–Crippen LogP) is 9.17. The van der Waals surface area contributed by atoms with Gasteiger partial charge in [-0.05, 0) is 108 Å². The molecule has 0 spiro atoms. The van der Waals surface area contributed by atoms with Gasteiger partial charge in [0.1, 0.15) is 11.6 Å². The van der Waals surface area contributed by atoms with Crippen LogP contribution in [0.1, 0.15) is 80.2 Å². The van der Waals surface area contributed by atoms with Crippen molar-refractivity contribution < 1.29 is 50.7 Å². The number of ether oxygens (including phenoxy) is 1. The number of alkyl halides is 3. The Morgan fingerprint density at radius 2 is 1.55 bits per heavy atom. The molecule has 0 unspecified atom stereocenters. The lowest BCUT2D eigenvalue weighted by molar-refractivity contribution is -0.153. The molecule has 0 aliphatic carbocycles. The van der Waals surface area contributed by atoms with Crippen LogP contribution in [0, 0.1) is 12.7 Å². The molecule has 6 rings (SSSR count). The molecule has 2 aromatic heterocycles. The van der Waals surface area contributed by atoms with Gasteiger partial charge in [-0.1, -0.05) is 52.3 Å². The second kappa shape index (κ2) is 17.7. The number of pyridine rings is 1. The molecular formula is C41H44BBrF4N2O7. The third-order valence-corrected chi connectivity index (χ3v) is 9.97. The number of carboxylic acid groups (broad SMARTS) is 1. The Balaban J connectivity index is 0.000000190. The number of hydrogen-bond donors (Lipinski definition) is 2. The van der Waals surface area contributed by atoms with Gasteiger partial charge >= 0.3 is 25.2 Å². The van der Waals surface area contributed by atoms with Gasteiger partial charge < -0.3 is 28.9 Å². The number of halogens is 5. The molecular weight excluding hydrogens is 799 g/mol. The highest BCUT2D eigenvalue weighted by Crippen LogP contribution is 2.37. The van der Waals surface area contributed by atoms with Crippen LogP contribution in [0.4, 0.5) is 17.6 Å². The van der Waals surface area contributed by atoms with Crippen LogP contribution in [0.2, 0.25) is 0 Å². The summed E-state index contributed by atoms with van der Waals surface area (Å²) in [6.07, 6.45) is -4.43.